The third kappa shape index (κ3) is 3.65. The average Bonchev–Trinajstić information content (AvgIpc) is 2.99. The van der Waals surface area contributed by atoms with Gasteiger partial charge in [0.2, 0.25) is 11.8 Å². The molecule has 0 aromatic heterocycles. The summed E-state index contributed by atoms with van der Waals surface area (Å²) in [5.74, 6) is -0.0550. The zero-order valence-corrected chi connectivity index (χ0v) is 13.5. The fourth-order valence-electron chi connectivity index (χ4n) is 2.64. The van der Waals surface area contributed by atoms with Crippen LogP contribution in [0.5, 0.6) is 0 Å². The number of carbonyl (C=O) groups is 2. The van der Waals surface area contributed by atoms with Crippen LogP contribution in [0.1, 0.15) is 40.0 Å². The average molecular weight is 303 g/mol. The van der Waals surface area contributed by atoms with Crippen molar-refractivity contribution in [3.05, 3.63) is 24.3 Å². The molecule has 1 aliphatic rings. The summed E-state index contributed by atoms with van der Waals surface area (Å²) >= 11 is 0. The first-order chi connectivity index (χ1) is 10.5. The summed E-state index contributed by atoms with van der Waals surface area (Å²) < 4.78 is 0. The van der Waals surface area contributed by atoms with Crippen LogP contribution in [0.3, 0.4) is 0 Å². The van der Waals surface area contributed by atoms with E-state index >= 15 is 0 Å². The van der Waals surface area contributed by atoms with Gasteiger partial charge < -0.3 is 16.0 Å². The minimum Gasteiger partial charge on any atom is -0.326 e. The SMILES string of the molecule is CCC1(C(=O)Nc2ccc(NC(=O)C(C)C)cc2)CCCN1. The highest BCUT2D eigenvalue weighted by Gasteiger charge is 2.38. The Balaban J connectivity index is 1.99. The van der Waals surface area contributed by atoms with Crippen LogP contribution in [0, 0.1) is 5.92 Å². The summed E-state index contributed by atoms with van der Waals surface area (Å²) in [5, 5.41) is 9.12. The third-order valence-corrected chi connectivity index (χ3v) is 4.22. The van der Waals surface area contributed by atoms with Crippen molar-refractivity contribution in [2.24, 2.45) is 5.92 Å². The zero-order valence-electron chi connectivity index (χ0n) is 13.5. The van der Waals surface area contributed by atoms with Crippen LogP contribution in [0.4, 0.5) is 11.4 Å². The Morgan fingerprint density at radius 2 is 1.77 bits per heavy atom. The van der Waals surface area contributed by atoms with Crippen LogP contribution in [-0.2, 0) is 9.59 Å². The van der Waals surface area contributed by atoms with Gasteiger partial charge in [0.25, 0.3) is 0 Å². The highest BCUT2D eigenvalue weighted by molar-refractivity contribution is 5.98. The molecule has 0 aliphatic carbocycles. The molecule has 0 saturated carbocycles. The number of anilines is 2. The molecule has 1 aromatic carbocycles. The molecule has 1 atom stereocenters. The van der Waals surface area contributed by atoms with Gasteiger partial charge in [0.1, 0.15) is 0 Å². The first-order valence-corrected chi connectivity index (χ1v) is 7.94. The van der Waals surface area contributed by atoms with Crippen molar-refractivity contribution in [2.45, 2.75) is 45.6 Å². The van der Waals surface area contributed by atoms with E-state index in [1.807, 2.05) is 32.9 Å². The number of rotatable bonds is 5. The molecule has 1 fully saturated rings. The van der Waals surface area contributed by atoms with E-state index in [1.165, 1.54) is 0 Å². The maximum Gasteiger partial charge on any atom is 0.244 e. The van der Waals surface area contributed by atoms with Crippen LogP contribution in [0.15, 0.2) is 24.3 Å². The van der Waals surface area contributed by atoms with Crippen molar-refractivity contribution in [1.29, 1.82) is 0 Å². The summed E-state index contributed by atoms with van der Waals surface area (Å²) in [6.45, 7) is 6.62. The summed E-state index contributed by atoms with van der Waals surface area (Å²) in [6.07, 6.45) is 2.68. The fraction of sp³-hybridized carbons (Fsp3) is 0.529. The maximum atomic E-state index is 12.5. The largest absolute Gasteiger partial charge is 0.326 e. The summed E-state index contributed by atoms with van der Waals surface area (Å²) in [7, 11) is 0. The molecular weight excluding hydrogens is 278 g/mol. The van der Waals surface area contributed by atoms with Crippen molar-refractivity contribution in [3.63, 3.8) is 0 Å². The second kappa shape index (κ2) is 6.92. The summed E-state index contributed by atoms with van der Waals surface area (Å²) in [5.41, 5.74) is 1.04. The molecule has 22 heavy (non-hydrogen) atoms. The van der Waals surface area contributed by atoms with Crippen LogP contribution < -0.4 is 16.0 Å². The van der Waals surface area contributed by atoms with E-state index in [9.17, 15) is 9.59 Å². The molecule has 5 heteroatoms. The highest BCUT2D eigenvalue weighted by atomic mass is 16.2. The summed E-state index contributed by atoms with van der Waals surface area (Å²) in [6, 6.07) is 7.23. The number of hydrogen-bond acceptors (Lipinski definition) is 3. The number of hydrogen-bond donors (Lipinski definition) is 3. The van der Waals surface area contributed by atoms with Gasteiger partial charge in [-0.3, -0.25) is 9.59 Å². The predicted molar refractivity (Wildman–Crippen MR) is 88.8 cm³/mol. The molecule has 1 aromatic rings. The first kappa shape index (κ1) is 16.5. The normalized spacial score (nSPS) is 20.9. The Labute approximate surface area is 131 Å². The lowest BCUT2D eigenvalue weighted by Crippen LogP contribution is -2.50. The Hall–Kier alpha value is -1.88. The smallest absolute Gasteiger partial charge is 0.244 e. The maximum absolute atomic E-state index is 12.5. The van der Waals surface area contributed by atoms with Gasteiger partial charge >= 0.3 is 0 Å². The van der Waals surface area contributed by atoms with Gasteiger partial charge in [0, 0.05) is 17.3 Å². The van der Waals surface area contributed by atoms with Gasteiger partial charge in [-0.25, -0.2) is 0 Å². The number of nitrogens with one attached hydrogen (secondary N) is 3. The topological polar surface area (TPSA) is 70.2 Å². The Morgan fingerprint density at radius 3 is 2.23 bits per heavy atom. The Kier molecular flexibility index (Phi) is 5.19. The van der Waals surface area contributed by atoms with E-state index < -0.39 is 5.54 Å². The number of benzene rings is 1. The van der Waals surface area contributed by atoms with Crippen molar-refractivity contribution < 1.29 is 9.59 Å². The summed E-state index contributed by atoms with van der Waals surface area (Å²) in [4.78, 5) is 24.1. The van der Waals surface area contributed by atoms with E-state index in [1.54, 1.807) is 12.1 Å². The molecule has 3 N–H and O–H groups in total. The lowest BCUT2D eigenvalue weighted by atomic mass is 9.93. The Bertz CT molecular complexity index is 531. The van der Waals surface area contributed by atoms with Crippen LogP contribution in [0.25, 0.3) is 0 Å². The van der Waals surface area contributed by atoms with Crippen LogP contribution in [-0.4, -0.2) is 23.9 Å². The predicted octanol–water partition coefficient (Wildman–Crippen LogP) is 2.75. The molecule has 120 valence electrons. The van der Waals surface area contributed by atoms with Crippen molar-refractivity contribution in [1.82, 2.24) is 5.32 Å². The molecule has 1 heterocycles. The van der Waals surface area contributed by atoms with Gasteiger partial charge in [0.15, 0.2) is 0 Å². The standard InChI is InChI=1S/C17H25N3O2/c1-4-17(10-5-11-18-17)16(22)20-14-8-6-13(7-9-14)19-15(21)12(2)3/h6-9,12,18H,4-5,10-11H2,1-3H3,(H,19,21)(H,20,22). The fourth-order valence-corrected chi connectivity index (χ4v) is 2.64. The zero-order chi connectivity index (χ0) is 16.2. The molecule has 0 radical (unpaired) electrons. The molecule has 0 spiro atoms. The van der Waals surface area contributed by atoms with Crippen LogP contribution >= 0.6 is 0 Å². The van der Waals surface area contributed by atoms with E-state index in [4.69, 9.17) is 0 Å². The highest BCUT2D eigenvalue weighted by Crippen LogP contribution is 2.25. The van der Waals surface area contributed by atoms with Crippen molar-refractivity contribution >= 4 is 23.2 Å². The Morgan fingerprint density at radius 1 is 1.18 bits per heavy atom. The molecule has 2 rings (SSSR count). The quantitative estimate of drug-likeness (QED) is 0.783. The molecule has 0 bridgehead atoms. The minimum atomic E-state index is -0.440. The van der Waals surface area contributed by atoms with Gasteiger partial charge in [-0.1, -0.05) is 20.8 Å². The lowest BCUT2D eigenvalue weighted by molar-refractivity contribution is -0.122. The van der Waals surface area contributed by atoms with E-state index in [0.29, 0.717) is 0 Å². The van der Waals surface area contributed by atoms with Gasteiger partial charge in [0.05, 0.1) is 5.54 Å². The molecule has 1 unspecified atom stereocenters. The van der Waals surface area contributed by atoms with E-state index in [-0.39, 0.29) is 17.7 Å². The monoisotopic (exact) mass is 303 g/mol. The molecular formula is C17H25N3O2. The third-order valence-electron chi connectivity index (χ3n) is 4.22. The van der Waals surface area contributed by atoms with Gasteiger partial charge in [-0.15, -0.1) is 0 Å². The second-order valence-electron chi connectivity index (χ2n) is 6.14. The van der Waals surface area contributed by atoms with E-state index in [0.717, 1.165) is 37.2 Å². The van der Waals surface area contributed by atoms with Crippen molar-refractivity contribution in [3.8, 4) is 0 Å². The number of carbonyl (C=O) groups excluding carboxylic acids is 2. The molecule has 2 amide bonds. The van der Waals surface area contributed by atoms with Gasteiger partial charge in [-0.05, 0) is 50.1 Å². The van der Waals surface area contributed by atoms with Crippen molar-refractivity contribution in [2.75, 3.05) is 17.2 Å². The minimum absolute atomic E-state index is 0.0168. The first-order valence-electron chi connectivity index (χ1n) is 7.94. The molecule has 1 aliphatic heterocycles. The van der Waals surface area contributed by atoms with E-state index in [2.05, 4.69) is 16.0 Å². The molecule has 1 saturated heterocycles. The lowest BCUT2D eigenvalue weighted by Gasteiger charge is -2.26. The number of amides is 2. The second-order valence-corrected chi connectivity index (χ2v) is 6.14. The van der Waals surface area contributed by atoms with Crippen LogP contribution in [0.2, 0.25) is 0 Å². The van der Waals surface area contributed by atoms with Gasteiger partial charge in [-0.2, -0.15) is 0 Å². The molecule has 5 nitrogen and oxygen atoms in total.